The second-order valence-corrected chi connectivity index (χ2v) is 15.2. The van der Waals surface area contributed by atoms with Crippen molar-refractivity contribution in [2.24, 2.45) is 0 Å². The number of carboxylic acids is 1. The first-order valence-corrected chi connectivity index (χ1v) is 18.6. The standard InChI is InChI=1S/C38H38ClN3O6S/c39-28-13-9-25(10-14-28)33-18-17-32(49(46,47)41-21-19-30(43)20-22-41)23-27(33)24-48-31-15-11-26(12-16-31)37-40-36-34(38(44)45)7-4-8-35(36)42(37)29-5-2-1-3-6-29/h4,7-18,23,29-30,43H,1-3,5-6,19-22,24H2,(H,44,45). The molecular formula is C38H38ClN3O6S. The van der Waals surface area contributed by atoms with Gasteiger partial charge in [-0.3, -0.25) is 0 Å². The topological polar surface area (TPSA) is 122 Å². The number of aromatic carboxylic acids is 1. The summed E-state index contributed by atoms with van der Waals surface area (Å²) in [5, 5.41) is 20.4. The van der Waals surface area contributed by atoms with E-state index in [1.807, 2.05) is 42.5 Å². The molecule has 0 spiro atoms. The van der Waals surface area contributed by atoms with Crippen molar-refractivity contribution in [3.8, 4) is 28.3 Å². The van der Waals surface area contributed by atoms with Gasteiger partial charge in [0.1, 0.15) is 23.7 Å². The van der Waals surface area contributed by atoms with Gasteiger partial charge in [-0.15, -0.1) is 0 Å². The van der Waals surface area contributed by atoms with Crippen molar-refractivity contribution < 1.29 is 28.2 Å². The molecule has 0 atom stereocenters. The van der Waals surface area contributed by atoms with Crippen LogP contribution in [0.3, 0.4) is 0 Å². The van der Waals surface area contributed by atoms with Crippen LogP contribution in [0.1, 0.15) is 66.9 Å². The number of carboxylic acid groups (broad SMARTS) is 1. The zero-order chi connectivity index (χ0) is 34.1. The molecule has 4 aromatic carbocycles. The van der Waals surface area contributed by atoms with Crippen LogP contribution in [-0.4, -0.2) is 57.6 Å². The third kappa shape index (κ3) is 6.83. The lowest BCUT2D eigenvalue weighted by Gasteiger charge is -2.29. The van der Waals surface area contributed by atoms with Gasteiger partial charge in [0, 0.05) is 29.7 Å². The van der Waals surface area contributed by atoms with E-state index in [2.05, 4.69) is 4.57 Å². The summed E-state index contributed by atoms with van der Waals surface area (Å²) in [7, 11) is -3.77. The summed E-state index contributed by atoms with van der Waals surface area (Å²) >= 11 is 6.16. The van der Waals surface area contributed by atoms with E-state index in [1.54, 1.807) is 42.5 Å². The van der Waals surface area contributed by atoms with Crippen LogP contribution in [0.25, 0.3) is 33.5 Å². The van der Waals surface area contributed by atoms with Crippen molar-refractivity contribution in [3.05, 3.63) is 101 Å². The smallest absolute Gasteiger partial charge is 0.337 e. The van der Waals surface area contributed by atoms with Crippen LogP contribution >= 0.6 is 11.6 Å². The van der Waals surface area contributed by atoms with Crippen LogP contribution in [0.2, 0.25) is 5.02 Å². The molecule has 254 valence electrons. The number of hydrogen-bond acceptors (Lipinski definition) is 6. The number of para-hydroxylation sites is 1. The molecule has 2 aliphatic rings. The predicted molar refractivity (Wildman–Crippen MR) is 189 cm³/mol. The molecule has 2 heterocycles. The first-order valence-electron chi connectivity index (χ1n) is 16.7. The predicted octanol–water partition coefficient (Wildman–Crippen LogP) is 7.95. The number of piperidine rings is 1. The van der Waals surface area contributed by atoms with Gasteiger partial charge in [0.2, 0.25) is 10.0 Å². The monoisotopic (exact) mass is 699 g/mol. The number of ether oxygens (including phenoxy) is 1. The lowest BCUT2D eigenvalue weighted by atomic mass is 9.94. The number of aliphatic hydroxyl groups excluding tert-OH is 1. The fourth-order valence-electron chi connectivity index (χ4n) is 7.06. The Morgan fingerprint density at radius 2 is 1.57 bits per heavy atom. The highest BCUT2D eigenvalue weighted by Gasteiger charge is 2.30. The number of carbonyl (C=O) groups is 1. The van der Waals surface area contributed by atoms with E-state index in [1.165, 1.54) is 10.7 Å². The summed E-state index contributed by atoms with van der Waals surface area (Å²) < 4.78 is 37.1. The molecule has 1 saturated carbocycles. The molecule has 1 aliphatic carbocycles. The molecule has 11 heteroatoms. The summed E-state index contributed by atoms with van der Waals surface area (Å²) in [5.41, 5.74) is 4.76. The Morgan fingerprint density at radius 3 is 2.27 bits per heavy atom. The Kier molecular flexibility index (Phi) is 9.48. The average Bonchev–Trinajstić information content (AvgIpc) is 3.51. The molecule has 0 unspecified atom stereocenters. The number of aromatic nitrogens is 2. The molecule has 0 amide bonds. The van der Waals surface area contributed by atoms with Crippen molar-refractivity contribution in [3.63, 3.8) is 0 Å². The van der Waals surface area contributed by atoms with E-state index in [0.717, 1.165) is 53.7 Å². The maximum Gasteiger partial charge on any atom is 0.337 e. The van der Waals surface area contributed by atoms with Crippen molar-refractivity contribution in [1.29, 1.82) is 0 Å². The number of hydrogen-bond donors (Lipinski definition) is 2. The molecule has 2 N–H and O–H groups in total. The number of halogens is 1. The van der Waals surface area contributed by atoms with Crippen LogP contribution in [0.4, 0.5) is 0 Å². The Morgan fingerprint density at radius 1 is 0.878 bits per heavy atom. The molecule has 49 heavy (non-hydrogen) atoms. The second-order valence-electron chi connectivity index (χ2n) is 12.8. The van der Waals surface area contributed by atoms with Crippen LogP contribution < -0.4 is 4.74 Å². The Bertz CT molecular complexity index is 2080. The number of aliphatic hydroxyl groups is 1. The summed E-state index contributed by atoms with van der Waals surface area (Å²) in [6, 6.07) is 25.6. The summed E-state index contributed by atoms with van der Waals surface area (Å²) in [6.45, 7) is 0.654. The molecule has 1 aliphatic heterocycles. The number of imidazole rings is 1. The van der Waals surface area contributed by atoms with Crippen LogP contribution in [0.5, 0.6) is 5.75 Å². The Labute approximate surface area is 290 Å². The summed E-state index contributed by atoms with van der Waals surface area (Å²) in [4.78, 5) is 17.1. The molecule has 1 aromatic heterocycles. The Hall–Kier alpha value is -4.22. The van der Waals surface area contributed by atoms with Crippen molar-refractivity contribution in [2.75, 3.05) is 13.1 Å². The minimum absolute atomic E-state index is 0.113. The molecule has 5 aromatic rings. The SMILES string of the molecule is O=C(O)c1cccc2c1nc(-c1ccc(OCc3cc(S(=O)(=O)N4CCC(O)CC4)ccc3-c3ccc(Cl)cc3)cc1)n2C1CCCCC1. The van der Waals surface area contributed by atoms with Gasteiger partial charge >= 0.3 is 5.97 Å². The number of sulfonamides is 1. The van der Waals surface area contributed by atoms with E-state index in [-0.39, 0.29) is 36.2 Å². The van der Waals surface area contributed by atoms with Gasteiger partial charge in [0.05, 0.1) is 22.1 Å². The zero-order valence-electron chi connectivity index (χ0n) is 27.0. The van der Waals surface area contributed by atoms with E-state index < -0.39 is 22.1 Å². The molecule has 0 radical (unpaired) electrons. The van der Waals surface area contributed by atoms with Crippen LogP contribution in [0, 0.1) is 0 Å². The van der Waals surface area contributed by atoms with Gasteiger partial charge in [0.25, 0.3) is 0 Å². The first kappa shape index (κ1) is 33.3. The molecule has 9 nitrogen and oxygen atoms in total. The number of benzene rings is 4. The second kappa shape index (κ2) is 14.0. The summed E-state index contributed by atoms with van der Waals surface area (Å²) in [5.74, 6) is 0.324. The fraction of sp³-hybridized carbons (Fsp3) is 0.316. The van der Waals surface area contributed by atoms with Gasteiger partial charge in [-0.05, 0) is 103 Å². The fourth-order valence-corrected chi connectivity index (χ4v) is 8.70. The van der Waals surface area contributed by atoms with Crippen LogP contribution in [0.15, 0.2) is 89.8 Å². The molecule has 7 rings (SSSR count). The normalized spacial score (nSPS) is 16.6. The van der Waals surface area contributed by atoms with Gasteiger partial charge in [0.15, 0.2) is 0 Å². The maximum absolute atomic E-state index is 13.6. The maximum atomic E-state index is 13.6. The molecular weight excluding hydrogens is 662 g/mol. The van der Waals surface area contributed by atoms with Crippen molar-refractivity contribution in [2.45, 2.75) is 68.6 Å². The summed E-state index contributed by atoms with van der Waals surface area (Å²) in [6.07, 6.45) is 5.80. The van der Waals surface area contributed by atoms with Crippen molar-refractivity contribution >= 4 is 38.6 Å². The molecule has 1 saturated heterocycles. The number of nitrogens with zero attached hydrogens (tertiary/aromatic N) is 3. The number of rotatable bonds is 9. The van der Waals surface area contributed by atoms with Gasteiger partial charge in [-0.2, -0.15) is 4.31 Å². The highest BCUT2D eigenvalue weighted by molar-refractivity contribution is 7.89. The highest BCUT2D eigenvalue weighted by atomic mass is 35.5. The van der Waals surface area contributed by atoms with E-state index >= 15 is 0 Å². The molecule has 0 bridgehead atoms. The zero-order valence-corrected chi connectivity index (χ0v) is 28.5. The average molecular weight is 700 g/mol. The minimum atomic E-state index is -3.77. The lowest BCUT2D eigenvalue weighted by molar-refractivity contribution is 0.0698. The quantitative estimate of drug-likeness (QED) is 0.160. The Balaban J connectivity index is 1.19. The minimum Gasteiger partial charge on any atom is -0.489 e. The molecule has 2 fully saturated rings. The van der Waals surface area contributed by atoms with E-state index in [0.29, 0.717) is 34.7 Å². The van der Waals surface area contributed by atoms with Gasteiger partial charge < -0.3 is 19.5 Å². The third-order valence-corrected chi connectivity index (χ3v) is 11.8. The lowest BCUT2D eigenvalue weighted by Crippen LogP contribution is -2.40. The largest absolute Gasteiger partial charge is 0.489 e. The van der Waals surface area contributed by atoms with Crippen molar-refractivity contribution in [1.82, 2.24) is 13.9 Å². The van der Waals surface area contributed by atoms with Crippen LogP contribution in [-0.2, 0) is 16.6 Å². The first-order chi connectivity index (χ1) is 23.7. The van der Waals surface area contributed by atoms with E-state index in [4.69, 9.17) is 21.3 Å². The third-order valence-electron chi connectivity index (χ3n) is 9.69. The highest BCUT2D eigenvalue weighted by Crippen LogP contribution is 2.37. The number of fused-ring (bicyclic) bond motifs is 1. The van der Waals surface area contributed by atoms with E-state index in [9.17, 15) is 23.4 Å². The van der Waals surface area contributed by atoms with Gasteiger partial charge in [-0.25, -0.2) is 18.2 Å². The van der Waals surface area contributed by atoms with Gasteiger partial charge in [-0.1, -0.05) is 55.1 Å².